The molecule has 1 aliphatic rings. The van der Waals surface area contributed by atoms with Crippen LogP contribution in [0.5, 0.6) is 0 Å². The van der Waals surface area contributed by atoms with Crippen molar-refractivity contribution >= 4 is 27.4 Å². The smallest absolute Gasteiger partial charge is 0.149 e. The van der Waals surface area contributed by atoms with Gasteiger partial charge in [-0.1, -0.05) is 0 Å². The van der Waals surface area contributed by atoms with E-state index in [1.165, 1.54) is 10.4 Å². The highest BCUT2D eigenvalue weighted by atomic mass is 32.1. The van der Waals surface area contributed by atoms with Crippen LogP contribution in [-0.4, -0.2) is 39.2 Å². The van der Waals surface area contributed by atoms with E-state index in [-0.39, 0.29) is 12.1 Å². The molecule has 3 N–H and O–H groups in total. The van der Waals surface area contributed by atoms with Gasteiger partial charge in [0.05, 0.1) is 17.5 Å². The fourth-order valence-electron chi connectivity index (χ4n) is 2.77. The molecule has 0 amide bonds. The van der Waals surface area contributed by atoms with Crippen LogP contribution in [0.25, 0.3) is 10.2 Å². The van der Waals surface area contributed by atoms with Crippen molar-refractivity contribution in [3.63, 3.8) is 0 Å². The van der Waals surface area contributed by atoms with E-state index in [0.717, 1.165) is 29.0 Å². The molecule has 0 saturated carbocycles. The molecule has 0 aromatic carbocycles. The molecule has 3 rings (SSSR count). The van der Waals surface area contributed by atoms with Gasteiger partial charge in [0.25, 0.3) is 0 Å². The van der Waals surface area contributed by atoms with Crippen molar-refractivity contribution in [2.24, 2.45) is 0 Å². The van der Waals surface area contributed by atoms with E-state index in [0.29, 0.717) is 12.4 Å². The van der Waals surface area contributed by atoms with Crippen molar-refractivity contribution in [3.8, 4) is 0 Å². The van der Waals surface area contributed by atoms with Gasteiger partial charge in [-0.3, -0.25) is 4.90 Å². The fourth-order valence-corrected chi connectivity index (χ4v) is 3.81. The molecule has 20 heavy (non-hydrogen) atoms. The largest absolute Gasteiger partial charge is 0.392 e. The van der Waals surface area contributed by atoms with Gasteiger partial charge in [-0.2, -0.15) is 0 Å². The van der Waals surface area contributed by atoms with Crippen molar-refractivity contribution in [1.29, 1.82) is 0 Å². The summed E-state index contributed by atoms with van der Waals surface area (Å²) in [4.78, 5) is 13.6. The Bertz CT molecular complexity index is 654. The summed E-state index contributed by atoms with van der Waals surface area (Å²) in [5.41, 5.74) is 7.30. The van der Waals surface area contributed by atoms with Gasteiger partial charge in [0, 0.05) is 18.0 Å². The molecule has 2 aromatic heterocycles. The first-order chi connectivity index (χ1) is 9.47. The van der Waals surface area contributed by atoms with Gasteiger partial charge in [-0.05, 0) is 32.8 Å². The number of aliphatic hydroxyl groups excluding tert-OH is 1. The molecule has 1 saturated heterocycles. The zero-order valence-electron chi connectivity index (χ0n) is 12.1. The average molecular weight is 292 g/mol. The molecule has 1 aliphatic heterocycles. The van der Waals surface area contributed by atoms with Gasteiger partial charge >= 0.3 is 0 Å². The van der Waals surface area contributed by atoms with Crippen molar-refractivity contribution in [2.75, 3.05) is 18.8 Å². The standard InChI is InChI=1S/C14H20N4OS/c1-7-9(3)20-14-11(7)12(15)16-13(17-14)8(2)18-5-4-10(19)6-18/h8,10,19H,4-6H2,1-3H3,(H2,15,16,17)/t8?,10-/m0/s1. The van der Waals surface area contributed by atoms with Crippen molar-refractivity contribution in [3.05, 3.63) is 16.3 Å². The molecule has 0 spiro atoms. The molecule has 2 atom stereocenters. The van der Waals surface area contributed by atoms with E-state index in [1.807, 2.05) is 0 Å². The molecular weight excluding hydrogens is 272 g/mol. The third-order valence-corrected chi connectivity index (χ3v) is 5.29. The second kappa shape index (κ2) is 4.95. The first kappa shape index (κ1) is 13.7. The lowest BCUT2D eigenvalue weighted by molar-refractivity contribution is 0.161. The molecule has 0 aliphatic carbocycles. The zero-order valence-corrected chi connectivity index (χ0v) is 12.9. The third-order valence-electron chi connectivity index (χ3n) is 4.19. The van der Waals surface area contributed by atoms with Gasteiger partial charge < -0.3 is 10.8 Å². The van der Waals surface area contributed by atoms with Gasteiger partial charge in [-0.15, -0.1) is 11.3 Å². The van der Waals surface area contributed by atoms with E-state index in [1.54, 1.807) is 11.3 Å². The zero-order chi connectivity index (χ0) is 14.4. The number of rotatable bonds is 2. The number of likely N-dealkylation sites (tertiary alicyclic amines) is 1. The SMILES string of the molecule is Cc1sc2nc(C(C)N3CC[C@H](O)C3)nc(N)c2c1C. The number of thiophene rings is 1. The van der Waals surface area contributed by atoms with Gasteiger partial charge in [0.15, 0.2) is 0 Å². The summed E-state index contributed by atoms with van der Waals surface area (Å²) >= 11 is 1.67. The number of nitrogens with zero attached hydrogens (tertiary/aromatic N) is 3. The molecule has 0 radical (unpaired) electrons. The Morgan fingerprint density at radius 1 is 1.40 bits per heavy atom. The highest BCUT2D eigenvalue weighted by Crippen LogP contribution is 2.33. The van der Waals surface area contributed by atoms with Crippen LogP contribution in [0.15, 0.2) is 0 Å². The van der Waals surface area contributed by atoms with E-state index >= 15 is 0 Å². The third kappa shape index (κ3) is 2.17. The molecule has 5 nitrogen and oxygen atoms in total. The summed E-state index contributed by atoms with van der Waals surface area (Å²) in [7, 11) is 0. The number of anilines is 1. The average Bonchev–Trinajstić information content (AvgIpc) is 2.94. The first-order valence-corrected chi connectivity index (χ1v) is 7.74. The van der Waals surface area contributed by atoms with Crippen LogP contribution in [-0.2, 0) is 0 Å². The lowest BCUT2D eigenvalue weighted by atomic mass is 10.2. The number of nitrogen functional groups attached to an aromatic ring is 1. The van der Waals surface area contributed by atoms with Gasteiger partial charge in [-0.25, -0.2) is 9.97 Å². The molecule has 6 heteroatoms. The summed E-state index contributed by atoms with van der Waals surface area (Å²) < 4.78 is 0. The monoisotopic (exact) mass is 292 g/mol. The molecule has 3 heterocycles. The number of fused-ring (bicyclic) bond motifs is 1. The highest BCUT2D eigenvalue weighted by Gasteiger charge is 2.27. The minimum atomic E-state index is -0.232. The topological polar surface area (TPSA) is 75.3 Å². The van der Waals surface area contributed by atoms with Crippen LogP contribution in [0.4, 0.5) is 5.82 Å². The number of aliphatic hydroxyl groups is 1. The Labute approximate surface area is 122 Å². The van der Waals surface area contributed by atoms with Crippen molar-refractivity contribution < 1.29 is 5.11 Å². The first-order valence-electron chi connectivity index (χ1n) is 6.92. The maximum Gasteiger partial charge on any atom is 0.149 e. The maximum absolute atomic E-state index is 9.66. The second-order valence-corrected chi connectivity index (χ2v) is 6.75. The van der Waals surface area contributed by atoms with Crippen LogP contribution < -0.4 is 5.73 Å². The van der Waals surface area contributed by atoms with Gasteiger partial charge in [0.2, 0.25) is 0 Å². The van der Waals surface area contributed by atoms with E-state index in [2.05, 4.69) is 30.7 Å². The Morgan fingerprint density at radius 2 is 2.15 bits per heavy atom. The number of aromatic nitrogens is 2. The minimum Gasteiger partial charge on any atom is -0.392 e. The molecule has 108 valence electrons. The lowest BCUT2D eigenvalue weighted by Gasteiger charge is -2.22. The molecule has 2 aromatic rings. The molecule has 1 fully saturated rings. The van der Waals surface area contributed by atoms with Crippen LogP contribution >= 0.6 is 11.3 Å². The highest BCUT2D eigenvalue weighted by molar-refractivity contribution is 7.18. The number of β-amino-alcohol motifs (C(OH)–C–C–N with tert-alkyl or cyclic N) is 1. The summed E-state index contributed by atoms with van der Waals surface area (Å²) in [6.07, 6.45) is 0.587. The van der Waals surface area contributed by atoms with E-state index < -0.39 is 0 Å². The number of hydrogen-bond acceptors (Lipinski definition) is 6. The Balaban J connectivity index is 2.00. The van der Waals surface area contributed by atoms with E-state index in [4.69, 9.17) is 10.7 Å². The van der Waals surface area contributed by atoms with Crippen LogP contribution in [0.2, 0.25) is 0 Å². The maximum atomic E-state index is 9.66. The lowest BCUT2D eigenvalue weighted by Crippen LogP contribution is -2.27. The van der Waals surface area contributed by atoms with Crippen LogP contribution in [0.3, 0.4) is 0 Å². The Morgan fingerprint density at radius 3 is 2.80 bits per heavy atom. The minimum absolute atomic E-state index is 0.0848. The predicted molar refractivity (Wildman–Crippen MR) is 81.9 cm³/mol. The molecule has 1 unspecified atom stereocenters. The fraction of sp³-hybridized carbons (Fsp3) is 0.571. The Kier molecular flexibility index (Phi) is 3.40. The molecule has 0 bridgehead atoms. The number of nitrogens with two attached hydrogens (primary N) is 1. The number of hydrogen-bond donors (Lipinski definition) is 2. The molecular formula is C14H20N4OS. The summed E-state index contributed by atoms with van der Waals surface area (Å²) in [6, 6.07) is 0.0848. The summed E-state index contributed by atoms with van der Waals surface area (Å²) in [5, 5.41) is 10.6. The predicted octanol–water partition coefficient (Wildman–Crippen LogP) is 2.02. The summed E-state index contributed by atoms with van der Waals surface area (Å²) in [5.74, 6) is 1.32. The quantitative estimate of drug-likeness (QED) is 0.885. The van der Waals surface area contributed by atoms with Crippen molar-refractivity contribution in [1.82, 2.24) is 14.9 Å². The summed E-state index contributed by atoms with van der Waals surface area (Å²) in [6.45, 7) is 7.79. The number of aryl methyl sites for hydroxylation is 2. The van der Waals surface area contributed by atoms with Gasteiger partial charge in [0.1, 0.15) is 16.5 Å². The van der Waals surface area contributed by atoms with Crippen LogP contribution in [0.1, 0.15) is 35.7 Å². The second-order valence-electron chi connectivity index (χ2n) is 5.54. The van der Waals surface area contributed by atoms with E-state index in [9.17, 15) is 5.11 Å². The normalized spacial score (nSPS) is 21.7. The van der Waals surface area contributed by atoms with Crippen LogP contribution in [0, 0.1) is 13.8 Å². The Hall–Kier alpha value is -1.24. The van der Waals surface area contributed by atoms with Crippen molar-refractivity contribution in [2.45, 2.75) is 39.3 Å².